The van der Waals surface area contributed by atoms with Crippen molar-refractivity contribution in [3.8, 4) is 5.75 Å². The monoisotopic (exact) mass is 342 g/mol. The van der Waals surface area contributed by atoms with Crippen LogP contribution in [0.25, 0.3) is 0 Å². The van der Waals surface area contributed by atoms with Gasteiger partial charge in [-0.2, -0.15) is 0 Å². The third kappa shape index (κ3) is 6.95. The summed E-state index contributed by atoms with van der Waals surface area (Å²) in [5.41, 5.74) is 0.626. The van der Waals surface area contributed by atoms with Crippen LogP contribution in [0.5, 0.6) is 5.75 Å². The van der Waals surface area contributed by atoms with Crippen molar-refractivity contribution >= 4 is 23.4 Å². The largest absolute Gasteiger partial charge is 0.484 e. The second kappa shape index (κ2) is 8.19. The van der Waals surface area contributed by atoms with E-state index in [1.807, 2.05) is 18.2 Å². The van der Waals surface area contributed by atoms with Crippen LogP contribution in [-0.4, -0.2) is 24.2 Å². The zero-order valence-electron chi connectivity index (χ0n) is 14.5. The Morgan fingerprint density at radius 2 is 1.44 bits per heavy atom. The summed E-state index contributed by atoms with van der Waals surface area (Å²) in [5.74, 6) is 0.367. The Kier molecular flexibility index (Phi) is 6.00. The molecule has 0 bridgehead atoms. The first-order valence-electron chi connectivity index (χ1n) is 7.89. The minimum Gasteiger partial charge on any atom is -0.484 e. The molecule has 25 heavy (non-hydrogen) atoms. The number of hydrogen-bond acceptors (Lipinski definition) is 4. The summed E-state index contributed by atoms with van der Waals surface area (Å²) < 4.78 is 10.6. The first-order chi connectivity index (χ1) is 11.8. The summed E-state index contributed by atoms with van der Waals surface area (Å²) in [6.07, 6.45) is -0.527. The molecule has 0 aliphatic heterocycles. The van der Waals surface area contributed by atoms with Crippen LogP contribution in [0.2, 0.25) is 0 Å². The van der Waals surface area contributed by atoms with Crippen molar-refractivity contribution in [2.75, 3.05) is 17.2 Å². The van der Waals surface area contributed by atoms with Crippen molar-refractivity contribution in [1.29, 1.82) is 0 Å². The van der Waals surface area contributed by atoms with Gasteiger partial charge in [0.2, 0.25) is 0 Å². The molecule has 0 fully saturated rings. The van der Waals surface area contributed by atoms with E-state index in [1.54, 1.807) is 57.2 Å². The van der Waals surface area contributed by atoms with Crippen LogP contribution < -0.4 is 15.4 Å². The van der Waals surface area contributed by atoms with E-state index in [2.05, 4.69) is 10.6 Å². The Morgan fingerprint density at radius 3 is 2.00 bits per heavy atom. The molecule has 0 unspecified atom stereocenters. The molecule has 0 atom stereocenters. The summed E-state index contributed by atoms with van der Waals surface area (Å²) >= 11 is 0. The van der Waals surface area contributed by atoms with Crippen molar-refractivity contribution in [2.45, 2.75) is 26.4 Å². The maximum absolute atomic E-state index is 11.9. The van der Waals surface area contributed by atoms with Gasteiger partial charge < -0.3 is 14.8 Å². The zero-order valence-corrected chi connectivity index (χ0v) is 14.5. The number of hydrogen-bond donors (Lipinski definition) is 2. The lowest BCUT2D eigenvalue weighted by Gasteiger charge is -2.19. The van der Waals surface area contributed by atoms with Crippen LogP contribution in [0.1, 0.15) is 20.8 Å². The van der Waals surface area contributed by atoms with E-state index in [1.165, 1.54) is 0 Å². The van der Waals surface area contributed by atoms with Crippen LogP contribution in [-0.2, 0) is 9.53 Å². The highest BCUT2D eigenvalue weighted by molar-refractivity contribution is 5.92. The number of benzene rings is 2. The van der Waals surface area contributed by atoms with Gasteiger partial charge in [0.25, 0.3) is 5.91 Å². The fourth-order valence-electron chi connectivity index (χ4n) is 1.92. The van der Waals surface area contributed by atoms with E-state index in [0.717, 1.165) is 0 Å². The first kappa shape index (κ1) is 18.3. The van der Waals surface area contributed by atoms with E-state index in [9.17, 15) is 9.59 Å². The number of nitrogens with one attached hydrogen (secondary N) is 2. The second-order valence-corrected chi connectivity index (χ2v) is 6.35. The molecule has 2 aromatic carbocycles. The van der Waals surface area contributed by atoms with Crippen molar-refractivity contribution in [1.82, 2.24) is 0 Å². The molecule has 0 saturated heterocycles. The Labute approximate surface area is 147 Å². The average Bonchev–Trinajstić information content (AvgIpc) is 2.54. The minimum absolute atomic E-state index is 0.0814. The summed E-state index contributed by atoms with van der Waals surface area (Å²) in [5, 5.41) is 5.35. The second-order valence-electron chi connectivity index (χ2n) is 6.35. The maximum atomic E-state index is 11.9. The number of carbonyl (C=O) groups excluding carboxylic acids is 2. The highest BCUT2D eigenvalue weighted by atomic mass is 16.6. The van der Waals surface area contributed by atoms with E-state index in [4.69, 9.17) is 9.47 Å². The van der Waals surface area contributed by atoms with Crippen LogP contribution in [0.3, 0.4) is 0 Å². The normalized spacial score (nSPS) is 10.7. The maximum Gasteiger partial charge on any atom is 0.412 e. The average molecular weight is 342 g/mol. The summed E-state index contributed by atoms with van der Waals surface area (Å²) in [6.45, 7) is 5.30. The Morgan fingerprint density at radius 1 is 0.880 bits per heavy atom. The molecule has 2 aromatic rings. The van der Waals surface area contributed by atoms with E-state index < -0.39 is 11.7 Å². The van der Waals surface area contributed by atoms with Crippen LogP contribution in [0.15, 0.2) is 54.6 Å². The van der Waals surface area contributed by atoms with Crippen molar-refractivity contribution in [2.24, 2.45) is 0 Å². The van der Waals surface area contributed by atoms with E-state index >= 15 is 0 Å². The molecule has 6 heteroatoms. The molecule has 0 saturated carbocycles. The summed E-state index contributed by atoms with van der Waals surface area (Å²) in [7, 11) is 0. The van der Waals surface area contributed by atoms with Gasteiger partial charge >= 0.3 is 6.09 Å². The quantitative estimate of drug-likeness (QED) is 0.859. The smallest absolute Gasteiger partial charge is 0.412 e. The van der Waals surface area contributed by atoms with Gasteiger partial charge in [0.15, 0.2) is 6.61 Å². The molecule has 0 aliphatic carbocycles. The number of amides is 2. The Bertz CT molecular complexity index is 706. The number of carbonyl (C=O) groups is 2. The third-order valence-corrected chi connectivity index (χ3v) is 2.93. The van der Waals surface area contributed by atoms with E-state index in [0.29, 0.717) is 17.1 Å². The van der Waals surface area contributed by atoms with Gasteiger partial charge in [0.05, 0.1) is 0 Å². The molecule has 0 spiro atoms. The van der Waals surface area contributed by atoms with E-state index in [-0.39, 0.29) is 12.5 Å². The lowest BCUT2D eigenvalue weighted by molar-refractivity contribution is -0.118. The van der Waals surface area contributed by atoms with Gasteiger partial charge in [-0.05, 0) is 57.2 Å². The van der Waals surface area contributed by atoms with Gasteiger partial charge in [-0.25, -0.2) is 4.79 Å². The SMILES string of the molecule is CC(C)(C)OC(=O)Nc1ccc(NC(=O)COc2ccccc2)cc1. The molecule has 0 aromatic heterocycles. The molecular formula is C19H22N2O4. The standard InChI is InChI=1S/C19H22N2O4/c1-19(2,3)25-18(23)21-15-11-9-14(10-12-15)20-17(22)13-24-16-7-5-4-6-8-16/h4-12H,13H2,1-3H3,(H,20,22)(H,21,23). The molecule has 0 heterocycles. The Balaban J connectivity index is 1.81. The molecule has 2 rings (SSSR count). The van der Waals surface area contributed by atoms with Gasteiger partial charge in [-0.3, -0.25) is 10.1 Å². The van der Waals surface area contributed by atoms with Crippen LogP contribution >= 0.6 is 0 Å². The fourth-order valence-corrected chi connectivity index (χ4v) is 1.92. The summed E-state index contributed by atoms with van der Waals surface area (Å²) in [4.78, 5) is 23.6. The van der Waals surface area contributed by atoms with Crippen LogP contribution in [0.4, 0.5) is 16.2 Å². The number of ether oxygens (including phenoxy) is 2. The topological polar surface area (TPSA) is 76.7 Å². The lowest BCUT2D eigenvalue weighted by Crippen LogP contribution is -2.27. The molecule has 6 nitrogen and oxygen atoms in total. The molecule has 0 radical (unpaired) electrons. The van der Waals surface area contributed by atoms with Crippen molar-refractivity contribution in [3.63, 3.8) is 0 Å². The number of para-hydroxylation sites is 1. The van der Waals surface area contributed by atoms with Gasteiger partial charge in [0.1, 0.15) is 11.4 Å². The molecular weight excluding hydrogens is 320 g/mol. The summed E-state index contributed by atoms with van der Waals surface area (Å²) in [6, 6.07) is 15.8. The first-order valence-corrected chi connectivity index (χ1v) is 7.89. The molecule has 2 amide bonds. The third-order valence-electron chi connectivity index (χ3n) is 2.93. The fraction of sp³-hybridized carbons (Fsp3) is 0.263. The Hall–Kier alpha value is -3.02. The highest BCUT2D eigenvalue weighted by Gasteiger charge is 2.16. The van der Waals surface area contributed by atoms with Crippen molar-refractivity contribution < 1.29 is 19.1 Å². The molecule has 132 valence electrons. The lowest BCUT2D eigenvalue weighted by atomic mass is 10.2. The number of rotatable bonds is 5. The van der Waals surface area contributed by atoms with Gasteiger partial charge in [0, 0.05) is 11.4 Å². The van der Waals surface area contributed by atoms with Crippen LogP contribution in [0, 0.1) is 0 Å². The number of anilines is 2. The van der Waals surface area contributed by atoms with Gasteiger partial charge in [-0.1, -0.05) is 18.2 Å². The predicted octanol–water partition coefficient (Wildman–Crippen LogP) is 4.05. The zero-order chi connectivity index (χ0) is 18.3. The van der Waals surface area contributed by atoms with Crippen molar-refractivity contribution in [3.05, 3.63) is 54.6 Å². The minimum atomic E-state index is -0.559. The molecule has 0 aliphatic rings. The molecule has 2 N–H and O–H groups in total. The predicted molar refractivity (Wildman–Crippen MR) is 96.9 cm³/mol. The highest BCUT2D eigenvalue weighted by Crippen LogP contribution is 2.15. The van der Waals surface area contributed by atoms with Gasteiger partial charge in [-0.15, -0.1) is 0 Å².